The van der Waals surface area contributed by atoms with E-state index in [0.717, 1.165) is 6.42 Å². The van der Waals surface area contributed by atoms with Gasteiger partial charge in [-0.2, -0.15) is 0 Å². The molecule has 0 aromatic rings. The first-order valence-corrected chi connectivity index (χ1v) is 5.61. The normalized spacial score (nSPS) is 13.0. The van der Waals surface area contributed by atoms with Gasteiger partial charge in [0.1, 0.15) is 6.61 Å². The van der Waals surface area contributed by atoms with Crippen LogP contribution in [-0.2, 0) is 23.8 Å². The average Bonchev–Trinajstić information content (AvgIpc) is 2.15. The summed E-state index contributed by atoms with van der Waals surface area (Å²) in [5, 5.41) is 0. The highest BCUT2D eigenvalue weighted by molar-refractivity contribution is 5.79. The van der Waals surface area contributed by atoms with Crippen LogP contribution in [0.15, 0.2) is 0 Å². The van der Waals surface area contributed by atoms with E-state index in [1.807, 2.05) is 0 Å². The highest BCUT2D eigenvalue weighted by Gasteiger charge is 2.20. The number of methoxy groups -OCH3 is 1. The van der Waals surface area contributed by atoms with Crippen molar-refractivity contribution in [2.75, 3.05) is 20.3 Å². The summed E-state index contributed by atoms with van der Waals surface area (Å²) < 4.78 is 14.4. The topological polar surface area (TPSA) is 61.8 Å². The van der Waals surface area contributed by atoms with Crippen LogP contribution < -0.4 is 0 Å². The maximum Gasteiger partial charge on any atom is 0.347 e. The SMILES string of the molecule is COCC(=O)OC(C)C(=O)OCCC(C)(C)C. The Morgan fingerprint density at radius 1 is 1.24 bits per heavy atom. The number of ether oxygens (including phenoxy) is 3. The molecule has 0 heterocycles. The van der Waals surface area contributed by atoms with E-state index < -0.39 is 18.0 Å². The molecule has 0 aliphatic heterocycles. The van der Waals surface area contributed by atoms with Crippen molar-refractivity contribution in [3.8, 4) is 0 Å². The Balaban J connectivity index is 3.86. The van der Waals surface area contributed by atoms with Gasteiger partial charge in [0.15, 0.2) is 6.10 Å². The van der Waals surface area contributed by atoms with Crippen LogP contribution in [0.2, 0.25) is 0 Å². The van der Waals surface area contributed by atoms with Gasteiger partial charge >= 0.3 is 11.9 Å². The van der Waals surface area contributed by atoms with Crippen LogP contribution in [-0.4, -0.2) is 38.4 Å². The molecule has 5 nitrogen and oxygen atoms in total. The second-order valence-corrected chi connectivity index (χ2v) is 5.04. The van der Waals surface area contributed by atoms with Crippen LogP contribution in [0.25, 0.3) is 0 Å². The summed E-state index contributed by atoms with van der Waals surface area (Å²) in [6.45, 7) is 7.82. The zero-order chi connectivity index (χ0) is 13.5. The molecule has 5 heteroatoms. The number of rotatable bonds is 6. The molecule has 17 heavy (non-hydrogen) atoms. The van der Waals surface area contributed by atoms with Crippen LogP contribution >= 0.6 is 0 Å². The summed E-state index contributed by atoms with van der Waals surface area (Å²) >= 11 is 0. The Labute approximate surface area is 102 Å². The molecule has 0 aromatic carbocycles. The molecule has 0 aliphatic rings. The van der Waals surface area contributed by atoms with Gasteiger partial charge in [-0.15, -0.1) is 0 Å². The summed E-state index contributed by atoms with van der Waals surface area (Å²) in [6.07, 6.45) is -0.130. The Bertz CT molecular complexity index is 254. The summed E-state index contributed by atoms with van der Waals surface area (Å²) in [5.74, 6) is -1.11. The van der Waals surface area contributed by atoms with E-state index in [9.17, 15) is 9.59 Å². The van der Waals surface area contributed by atoms with E-state index in [-0.39, 0.29) is 12.0 Å². The Morgan fingerprint density at radius 3 is 2.29 bits per heavy atom. The molecule has 0 aliphatic carbocycles. The van der Waals surface area contributed by atoms with Crippen LogP contribution in [0.1, 0.15) is 34.1 Å². The van der Waals surface area contributed by atoms with Crippen molar-refractivity contribution in [1.29, 1.82) is 0 Å². The van der Waals surface area contributed by atoms with E-state index in [1.54, 1.807) is 0 Å². The Morgan fingerprint density at radius 2 is 1.82 bits per heavy atom. The third kappa shape index (κ3) is 8.68. The molecule has 1 unspecified atom stereocenters. The second kappa shape index (κ2) is 7.27. The minimum Gasteiger partial charge on any atom is -0.463 e. The fourth-order valence-electron chi connectivity index (χ4n) is 0.972. The summed E-state index contributed by atoms with van der Waals surface area (Å²) in [6, 6.07) is 0. The largest absolute Gasteiger partial charge is 0.463 e. The molecule has 0 saturated heterocycles. The maximum atomic E-state index is 11.4. The first kappa shape index (κ1) is 15.9. The fourth-order valence-corrected chi connectivity index (χ4v) is 0.972. The summed E-state index contributed by atoms with van der Waals surface area (Å²) in [5.41, 5.74) is 0.107. The molecule has 0 spiro atoms. The lowest BCUT2D eigenvalue weighted by Crippen LogP contribution is -2.28. The molecular weight excluding hydrogens is 224 g/mol. The molecule has 0 aromatic heterocycles. The van der Waals surface area contributed by atoms with Crippen molar-refractivity contribution < 1.29 is 23.8 Å². The van der Waals surface area contributed by atoms with Gasteiger partial charge in [0.05, 0.1) is 6.61 Å². The number of hydrogen-bond acceptors (Lipinski definition) is 5. The van der Waals surface area contributed by atoms with Crippen molar-refractivity contribution in [3.63, 3.8) is 0 Å². The monoisotopic (exact) mass is 246 g/mol. The predicted molar refractivity (Wildman–Crippen MR) is 62.5 cm³/mol. The summed E-state index contributed by atoms with van der Waals surface area (Å²) in [7, 11) is 1.38. The van der Waals surface area contributed by atoms with Crippen LogP contribution in [0.3, 0.4) is 0 Å². The van der Waals surface area contributed by atoms with Crippen molar-refractivity contribution in [3.05, 3.63) is 0 Å². The van der Waals surface area contributed by atoms with Crippen molar-refractivity contribution in [2.24, 2.45) is 5.41 Å². The standard InChI is InChI=1S/C12H22O5/c1-9(17-10(13)8-15-5)11(14)16-7-6-12(2,3)4/h9H,6-8H2,1-5H3. The van der Waals surface area contributed by atoms with Crippen LogP contribution in [0.5, 0.6) is 0 Å². The lowest BCUT2D eigenvalue weighted by atomic mass is 9.93. The number of carbonyl (C=O) groups is 2. The Kier molecular flexibility index (Phi) is 6.80. The molecule has 0 radical (unpaired) electrons. The molecule has 0 N–H and O–H groups in total. The van der Waals surface area contributed by atoms with Gasteiger partial charge in [0, 0.05) is 7.11 Å². The average molecular weight is 246 g/mol. The third-order valence-electron chi connectivity index (χ3n) is 2.00. The number of hydrogen-bond donors (Lipinski definition) is 0. The lowest BCUT2D eigenvalue weighted by Gasteiger charge is -2.18. The lowest BCUT2D eigenvalue weighted by molar-refractivity contribution is -0.169. The number of esters is 2. The quantitative estimate of drug-likeness (QED) is 0.665. The van der Waals surface area contributed by atoms with Crippen LogP contribution in [0.4, 0.5) is 0 Å². The van der Waals surface area contributed by atoms with Gasteiger partial charge in [-0.3, -0.25) is 0 Å². The van der Waals surface area contributed by atoms with Crippen LogP contribution in [0, 0.1) is 5.41 Å². The molecule has 100 valence electrons. The van der Waals surface area contributed by atoms with E-state index in [2.05, 4.69) is 25.5 Å². The highest BCUT2D eigenvalue weighted by Crippen LogP contribution is 2.18. The molecule has 0 saturated carbocycles. The first-order chi connectivity index (χ1) is 7.76. The zero-order valence-corrected chi connectivity index (χ0v) is 11.2. The summed E-state index contributed by atoms with van der Waals surface area (Å²) in [4.78, 5) is 22.5. The second-order valence-electron chi connectivity index (χ2n) is 5.04. The van der Waals surface area contributed by atoms with Gasteiger partial charge < -0.3 is 14.2 Å². The van der Waals surface area contributed by atoms with Gasteiger partial charge in [-0.05, 0) is 18.8 Å². The Hall–Kier alpha value is -1.10. The van der Waals surface area contributed by atoms with Gasteiger partial charge in [-0.1, -0.05) is 20.8 Å². The minimum absolute atomic E-state index is 0.107. The van der Waals surface area contributed by atoms with Gasteiger partial charge in [0.25, 0.3) is 0 Å². The highest BCUT2D eigenvalue weighted by atomic mass is 16.6. The van der Waals surface area contributed by atoms with Gasteiger partial charge in [0.2, 0.25) is 0 Å². The minimum atomic E-state index is -0.891. The zero-order valence-electron chi connectivity index (χ0n) is 11.2. The number of carbonyl (C=O) groups excluding carboxylic acids is 2. The van der Waals surface area contributed by atoms with E-state index in [1.165, 1.54) is 14.0 Å². The van der Waals surface area contributed by atoms with E-state index >= 15 is 0 Å². The molecular formula is C12H22O5. The van der Waals surface area contributed by atoms with Crippen molar-refractivity contribution in [2.45, 2.75) is 40.2 Å². The third-order valence-corrected chi connectivity index (χ3v) is 2.00. The molecule has 0 fully saturated rings. The van der Waals surface area contributed by atoms with E-state index in [0.29, 0.717) is 6.61 Å². The molecule has 0 amide bonds. The fraction of sp³-hybridized carbons (Fsp3) is 0.833. The van der Waals surface area contributed by atoms with E-state index in [4.69, 9.17) is 9.47 Å². The first-order valence-electron chi connectivity index (χ1n) is 5.61. The molecule has 0 rings (SSSR count). The smallest absolute Gasteiger partial charge is 0.347 e. The maximum absolute atomic E-state index is 11.4. The predicted octanol–water partition coefficient (Wildman–Crippen LogP) is 1.54. The van der Waals surface area contributed by atoms with Gasteiger partial charge in [-0.25, -0.2) is 9.59 Å². The van der Waals surface area contributed by atoms with Crippen molar-refractivity contribution in [1.82, 2.24) is 0 Å². The molecule has 1 atom stereocenters. The van der Waals surface area contributed by atoms with Crippen molar-refractivity contribution >= 4 is 11.9 Å². The molecule has 0 bridgehead atoms.